The Labute approximate surface area is 162 Å². The first-order valence-electron chi connectivity index (χ1n) is 5.66. The first-order chi connectivity index (χ1) is 9.03. The van der Waals surface area contributed by atoms with E-state index in [4.69, 9.17) is 10.3 Å². The molecule has 1 rings (SSSR count). The third-order valence-corrected chi connectivity index (χ3v) is 2.11. The molecule has 0 aliphatic rings. The molecule has 5 nitrogen and oxygen atoms in total. The van der Waals surface area contributed by atoms with E-state index in [1.165, 1.54) is 0 Å². The molecule has 0 heterocycles. The first kappa shape index (κ1) is 20.5. The molecular weight excluding hydrogens is 313 g/mol. The molecule has 0 amide bonds. The van der Waals surface area contributed by atoms with Gasteiger partial charge in [0.1, 0.15) is 5.60 Å². The Balaban J connectivity index is 0.00000400. The van der Waals surface area contributed by atoms with Crippen LogP contribution in [-0.2, 0) is 4.74 Å². The predicted molar refractivity (Wildman–Crippen MR) is 69.1 cm³/mol. The van der Waals surface area contributed by atoms with Gasteiger partial charge in [-0.2, -0.15) is 0 Å². The summed E-state index contributed by atoms with van der Waals surface area (Å²) >= 11 is 0. The predicted octanol–water partition coefficient (Wildman–Crippen LogP) is 0.642. The number of rotatable bonds is 3. The van der Waals surface area contributed by atoms with Crippen molar-refractivity contribution in [2.45, 2.75) is 26.4 Å². The van der Waals surface area contributed by atoms with E-state index in [-0.39, 0.29) is 62.6 Å². The summed E-state index contributed by atoms with van der Waals surface area (Å²) in [6.07, 6.45) is 0. The summed E-state index contributed by atoms with van der Waals surface area (Å²) < 4.78 is 43.3. The molecule has 0 fully saturated rings. The number of benzene rings is 1. The summed E-state index contributed by atoms with van der Waals surface area (Å²) in [6.45, 7) is -0.532. The fourth-order valence-corrected chi connectivity index (χ4v) is 1.39. The fourth-order valence-electron chi connectivity index (χ4n) is 1.39. The average Bonchev–Trinajstić information content (AvgIpc) is 2.25. The van der Waals surface area contributed by atoms with Crippen LogP contribution in [0.1, 0.15) is 31.1 Å². The number of hydrogen-bond donors (Lipinski definition) is 0. The number of carbonyl (C=O) groups is 1. The smallest absolute Gasteiger partial charge is 0.456 e. The van der Waals surface area contributed by atoms with Crippen molar-refractivity contribution in [3.63, 3.8) is 0 Å². The molecule has 108 valence electrons. The Morgan fingerprint density at radius 3 is 2.29 bits per heavy atom. The van der Waals surface area contributed by atoms with Crippen LogP contribution in [0.2, 0.25) is 0 Å². The molecule has 0 atom stereocenters. The van der Waals surface area contributed by atoms with Gasteiger partial charge in [-0.15, -0.1) is 5.46 Å². The fraction of sp³-hybridized carbons (Fsp3) is 0.364. The summed E-state index contributed by atoms with van der Waals surface area (Å²) in [5, 5.41) is 3.10. The van der Waals surface area contributed by atoms with Gasteiger partial charge in [-0.3, -0.25) is 0 Å². The van der Waals surface area contributed by atoms with Crippen molar-refractivity contribution in [1.29, 1.82) is 0 Å². The Kier molecular flexibility index (Phi) is 7.48. The van der Waals surface area contributed by atoms with Gasteiger partial charge in [-0.05, 0) is 32.4 Å². The maximum absolute atomic E-state index is 12.8. The first-order valence-corrected chi connectivity index (χ1v) is 5.66. The Morgan fingerprint density at radius 2 is 1.86 bits per heavy atom. The average molecular weight is 325 g/mol. The van der Waals surface area contributed by atoms with Crippen LogP contribution in [0, 0.1) is 0 Å². The zero-order chi connectivity index (χ0) is 15.6. The van der Waals surface area contributed by atoms with Crippen LogP contribution < -0.4 is 56.8 Å². The van der Waals surface area contributed by atoms with E-state index in [1.54, 1.807) is 20.8 Å². The number of nitrogens with zero attached hydrogens (tertiary/aromatic N) is 3. The zero-order valence-electron chi connectivity index (χ0n) is 12.1. The van der Waals surface area contributed by atoms with Crippen LogP contribution >= 0.6 is 0 Å². The third kappa shape index (κ3) is 6.86. The van der Waals surface area contributed by atoms with E-state index in [9.17, 15) is 17.7 Å². The van der Waals surface area contributed by atoms with Crippen LogP contribution in [0.5, 0.6) is 0 Å². The number of halogens is 3. The van der Waals surface area contributed by atoms with Crippen molar-refractivity contribution in [1.82, 2.24) is 0 Å². The number of azide groups is 1. The van der Waals surface area contributed by atoms with E-state index in [1.807, 2.05) is 0 Å². The standard InChI is InChI=1S/C11H12BF3N3O2.K/c1-11(2,3)20-10(19)7-4-8(12(13,14)15)6-9(5-7)17-18-16;/h4-6H,1-3H3;/q-1;+1. The largest absolute Gasteiger partial charge is 1.00 e. The number of esters is 1. The minimum absolute atomic E-state index is 0. The minimum Gasteiger partial charge on any atom is -0.456 e. The van der Waals surface area contributed by atoms with E-state index in [0.29, 0.717) is 12.1 Å². The zero-order valence-corrected chi connectivity index (χ0v) is 15.2. The molecule has 0 aliphatic heterocycles. The summed E-state index contributed by atoms with van der Waals surface area (Å²) in [7, 11) is 0. The van der Waals surface area contributed by atoms with Crippen molar-refractivity contribution in [2.24, 2.45) is 5.11 Å². The van der Waals surface area contributed by atoms with Crippen molar-refractivity contribution in [3.05, 3.63) is 34.2 Å². The van der Waals surface area contributed by atoms with Crippen molar-refractivity contribution in [3.8, 4) is 0 Å². The molecule has 0 radical (unpaired) electrons. The molecule has 0 N–H and O–H groups in total. The van der Waals surface area contributed by atoms with Crippen LogP contribution in [-0.4, -0.2) is 18.5 Å². The molecule has 0 aromatic heterocycles. The van der Waals surface area contributed by atoms with Gasteiger partial charge in [0.2, 0.25) is 0 Å². The molecule has 0 spiro atoms. The molecule has 10 heteroatoms. The maximum Gasteiger partial charge on any atom is 1.00 e. The molecule has 0 saturated carbocycles. The number of ether oxygens (including phenoxy) is 1. The van der Waals surface area contributed by atoms with Crippen molar-refractivity contribution >= 4 is 24.1 Å². The third-order valence-electron chi connectivity index (χ3n) is 2.11. The quantitative estimate of drug-likeness (QED) is 0.269. The summed E-state index contributed by atoms with van der Waals surface area (Å²) in [4.78, 5) is 14.2. The van der Waals surface area contributed by atoms with Gasteiger partial charge in [0.15, 0.2) is 0 Å². The van der Waals surface area contributed by atoms with Crippen LogP contribution in [0.15, 0.2) is 23.3 Å². The number of hydrogen-bond acceptors (Lipinski definition) is 3. The molecule has 0 bridgehead atoms. The van der Waals surface area contributed by atoms with E-state index in [0.717, 1.165) is 6.07 Å². The van der Waals surface area contributed by atoms with Gasteiger partial charge in [-0.1, -0.05) is 17.2 Å². The van der Waals surface area contributed by atoms with Crippen molar-refractivity contribution in [2.75, 3.05) is 0 Å². The molecule has 0 unspecified atom stereocenters. The summed E-state index contributed by atoms with van der Waals surface area (Å²) in [5.74, 6) is -0.909. The Hall–Kier alpha value is -0.509. The topological polar surface area (TPSA) is 75.1 Å². The van der Waals surface area contributed by atoms with Gasteiger partial charge in [-0.25, -0.2) is 4.79 Å². The van der Waals surface area contributed by atoms with Gasteiger partial charge in [0.25, 0.3) is 0 Å². The second-order valence-electron chi connectivity index (χ2n) is 5.08. The van der Waals surface area contributed by atoms with Crippen LogP contribution in [0.4, 0.5) is 18.6 Å². The molecule has 21 heavy (non-hydrogen) atoms. The van der Waals surface area contributed by atoms with Gasteiger partial charge >= 0.3 is 64.3 Å². The maximum atomic E-state index is 12.8. The Morgan fingerprint density at radius 1 is 1.29 bits per heavy atom. The van der Waals surface area contributed by atoms with E-state index < -0.39 is 24.0 Å². The number of carbonyl (C=O) groups excluding carboxylic acids is 1. The summed E-state index contributed by atoms with van der Waals surface area (Å²) in [6, 6.07) is 2.43. The molecular formula is C11H12BF3KN3O2. The van der Waals surface area contributed by atoms with Gasteiger partial charge in [0.05, 0.1) is 5.56 Å². The van der Waals surface area contributed by atoms with Crippen molar-refractivity contribution < 1.29 is 73.9 Å². The monoisotopic (exact) mass is 325 g/mol. The van der Waals surface area contributed by atoms with Gasteiger partial charge < -0.3 is 17.7 Å². The summed E-state index contributed by atoms with van der Waals surface area (Å²) in [5.41, 5.74) is 5.85. The Bertz CT molecular complexity index is 581. The second-order valence-corrected chi connectivity index (χ2v) is 5.08. The van der Waals surface area contributed by atoms with Gasteiger partial charge in [0, 0.05) is 10.6 Å². The molecule has 0 saturated heterocycles. The minimum atomic E-state index is -5.31. The molecule has 1 aromatic rings. The second kappa shape index (κ2) is 7.66. The van der Waals surface area contributed by atoms with Crippen LogP contribution in [0.3, 0.4) is 0 Å². The van der Waals surface area contributed by atoms with Crippen LogP contribution in [0.25, 0.3) is 10.4 Å². The van der Waals surface area contributed by atoms with E-state index in [2.05, 4.69) is 10.0 Å². The SMILES string of the molecule is CC(C)(C)OC(=O)c1cc(N=[N+]=[N-])cc([B-](F)(F)F)c1.[K+]. The molecule has 1 aromatic carbocycles. The normalized spacial score (nSPS) is 11.1. The van der Waals surface area contributed by atoms with E-state index >= 15 is 0 Å². The molecule has 0 aliphatic carbocycles.